The number of hydrogen-bond donors (Lipinski definition) is 2. The van der Waals surface area contributed by atoms with E-state index in [2.05, 4.69) is 17.1 Å². The molecule has 1 rings (SSSR count). The summed E-state index contributed by atoms with van der Waals surface area (Å²) in [4.78, 5) is 0. The zero-order valence-electron chi connectivity index (χ0n) is 12.0. The second-order valence-corrected chi connectivity index (χ2v) is 4.11. The van der Waals surface area contributed by atoms with Crippen LogP contribution in [-0.4, -0.2) is 25.4 Å². The van der Waals surface area contributed by atoms with E-state index in [0.29, 0.717) is 19.0 Å². The highest BCUT2D eigenvalue weighted by atomic mass is 16.5. The number of nitrogens with two attached hydrogens (primary N) is 2. The summed E-state index contributed by atoms with van der Waals surface area (Å²) < 4.78 is 11.3. The van der Waals surface area contributed by atoms with Gasteiger partial charge in [0, 0.05) is 0 Å². The maximum atomic E-state index is 5.69. The fraction of sp³-hybridized carbons (Fsp3) is 0.429. The maximum absolute atomic E-state index is 5.69. The molecule has 1 aromatic carbocycles. The quantitative estimate of drug-likeness (QED) is 0.328. The van der Waals surface area contributed by atoms with Crippen LogP contribution in [0.25, 0.3) is 0 Å². The van der Waals surface area contributed by atoms with Gasteiger partial charge in [0.2, 0.25) is 5.96 Å². The predicted octanol–water partition coefficient (Wildman–Crippen LogP) is 1.87. The molecule has 0 heterocycles. The normalized spacial score (nSPS) is 10.5. The molecule has 0 aliphatic carbocycles. The van der Waals surface area contributed by atoms with Crippen molar-refractivity contribution >= 4 is 12.2 Å². The second-order valence-electron chi connectivity index (χ2n) is 4.11. The molecule has 0 radical (unpaired) electrons. The van der Waals surface area contributed by atoms with Crippen LogP contribution in [-0.2, 0) is 0 Å². The van der Waals surface area contributed by atoms with Gasteiger partial charge in [-0.1, -0.05) is 13.3 Å². The summed E-state index contributed by atoms with van der Waals surface area (Å²) in [7, 11) is 0. The van der Waals surface area contributed by atoms with Crippen LogP contribution in [0.3, 0.4) is 0 Å². The zero-order chi connectivity index (χ0) is 14.8. The average Bonchev–Trinajstić information content (AvgIpc) is 2.41. The van der Waals surface area contributed by atoms with Crippen molar-refractivity contribution in [3.63, 3.8) is 0 Å². The van der Waals surface area contributed by atoms with E-state index in [0.717, 1.165) is 24.2 Å². The topological polar surface area (TPSA) is 95.2 Å². The lowest BCUT2D eigenvalue weighted by Crippen LogP contribution is -2.21. The Labute approximate surface area is 119 Å². The van der Waals surface area contributed by atoms with Crippen LogP contribution >= 0.6 is 0 Å². The predicted molar refractivity (Wildman–Crippen MR) is 81.4 cm³/mol. The Bertz CT molecular complexity index is 468. The molecule has 0 fully saturated rings. The van der Waals surface area contributed by atoms with Gasteiger partial charge < -0.3 is 20.9 Å². The molecular formula is C14H22N4O2. The van der Waals surface area contributed by atoms with Gasteiger partial charge >= 0.3 is 0 Å². The Hall–Kier alpha value is -2.24. The minimum Gasteiger partial charge on any atom is -0.490 e. The summed E-state index contributed by atoms with van der Waals surface area (Å²) in [6, 6.07) is 5.57. The Morgan fingerprint density at radius 1 is 1.20 bits per heavy atom. The summed E-state index contributed by atoms with van der Waals surface area (Å²) in [5, 5.41) is 7.31. The van der Waals surface area contributed by atoms with E-state index in [9.17, 15) is 0 Å². The number of ether oxygens (including phenoxy) is 2. The highest BCUT2D eigenvalue weighted by Crippen LogP contribution is 2.28. The number of nitrogens with zero attached hydrogens (tertiary/aromatic N) is 2. The molecule has 0 amide bonds. The van der Waals surface area contributed by atoms with Crippen molar-refractivity contribution in [1.82, 2.24) is 0 Å². The van der Waals surface area contributed by atoms with Crippen LogP contribution in [0.5, 0.6) is 11.5 Å². The Kier molecular flexibility index (Phi) is 6.95. The minimum absolute atomic E-state index is 0.0780. The number of guanidine groups is 1. The van der Waals surface area contributed by atoms with E-state index in [-0.39, 0.29) is 5.96 Å². The van der Waals surface area contributed by atoms with Crippen molar-refractivity contribution in [3.8, 4) is 11.5 Å². The molecule has 0 saturated heterocycles. The van der Waals surface area contributed by atoms with Crippen LogP contribution in [0.1, 0.15) is 32.3 Å². The van der Waals surface area contributed by atoms with Crippen LogP contribution in [0.4, 0.5) is 0 Å². The molecule has 0 bridgehead atoms. The summed E-state index contributed by atoms with van der Waals surface area (Å²) >= 11 is 0. The molecule has 4 N–H and O–H groups in total. The fourth-order valence-corrected chi connectivity index (χ4v) is 1.48. The van der Waals surface area contributed by atoms with Gasteiger partial charge in [0.1, 0.15) is 0 Å². The number of unbranched alkanes of at least 4 members (excludes halogenated alkanes) is 1. The first-order chi connectivity index (χ1) is 9.67. The number of rotatable bonds is 8. The standard InChI is InChI=1S/C14H22N4O2/c1-3-5-8-20-12-7-6-11(9-13(12)19-4-2)10-17-18-14(15)16/h6-7,9-10H,3-5,8H2,1-2H3,(H4,15,16,18)/b17-10+. The smallest absolute Gasteiger partial charge is 0.211 e. The Morgan fingerprint density at radius 2 is 2.00 bits per heavy atom. The largest absolute Gasteiger partial charge is 0.490 e. The van der Waals surface area contributed by atoms with E-state index in [4.69, 9.17) is 20.9 Å². The lowest BCUT2D eigenvalue weighted by molar-refractivity contribution is 0.272. The molecule has 20 heavy (non-hydrogen) atoms. The molecule has 6 heteroatoms. The fourth-order valence-electron chi connectivity index (χ4n) is 1.48. The Morgan fingerprint density at radius 3 is 2.65 bits per heavy atom. The lowest BCUT2D eigenvalue weighted by atomic mass is 10.2. The lowest BCUT2D eigenvalue weighted by Gasteiger charge is -2.12. The van der Waals surface area contributed by atoms with Gasteiger partial charge in [0.25, 0.3) is 0 Å². The number of hydrogen-bond acceptors (Lipinski definition) is 4. The van der Waals surface area contributed by atoms with Crippen molar-refractivity contribution < 1.29 is 9.47 Å². The van der Waals surface area contributed by atoms with E-state index in [1.807, 2.05) is 25.1 Å². The maximum Gasteiger partial charge on any atom is 0.211 e. The Balaban J connectivity index is 2.82. The highest BCUT2D eigenvalue weighted by Gasteiger charge is 2.05. The molecule has 0 spiro atoms. The average molecular weight is 278 g/mol. The van der Waals surface area contributed by atoms with Gasteiger partial charge in [0.15, 0.2) is 11.5 Å². The molecule has 6 nitrogen and oxygen atoms in total. The third-order valence-corrected chi connectivity index (χ3v) is 2.40. The van der Waals surface area contributed by atoms with Crippen LogP contribution in [0.15, 0.2) is 28.4 Å². The molecule has 0 aliphatic rings. The van der Waals surface area contributed by atoms with E-state index >= 15 is 0 Å². The zero-order valence-corrected chi connectivity index (χ0v) is 12.0. The first-order valence-corrected chi connectivity index (χ1v) is 6.69. The molecular weight excluding hydrogens is 256 g/mol. The van der Waals surface area contributed by atoms with Gasteiger partial charge in [-0.3, -0.25) is 0 Å². The van der Waals surface area contributed by atoms with E-state index < -0.39 is 0 Å². The SMILES string of the molecule is CCCCOc1ccc(/C=N/N=C(N)N)cc1OCC. The third kappa shape index (κ3) is 5.60. The van der Waals surface area contributed by atoms with Gasteiger partial charge in [0.05, 0.1) is 19.4 Å². The van der Waals surface area contributed by atoms with Crippen molar-refractivity contribution in [3.05, 3.63) is 23.8 Å². The molecule has 0 aromatic heterocycles. The third-order valence-electron chi connectivity index (χ3n) is 2.40. The van der Waals surface area contributed by atoms with E-state index in [1.54, 1.807) is 6.21 Å². The van der Waals surface area contributed by atoms with Gasteiger partial charge in [-0.25, -0.2) is 0 Å². The van der Waals surface area contributed by atoms with Crippen molar-refractivity contribution in [1.29, 1.82) is 0 Å². The molecule has 0 atom stereocenters. The number of benzene rings is 1. The molecule has 110 valence electrons. The van der Waals surface area contributed by atoms with E-state index in [1.165, 1.54) is 0 Å². The van der Waals surface area contributed by atoms with Gasteiger partial charge in [-0.05, 0) is 37.1 Å². The van der Waals surface area contributed by atoms with Gasteiger partial charge in [-0.2, -0.15) is 5.10 Å². The highest BCUT2D eigenvalue weighted by molar-refractivity contribution is 5.82. The van der Waals surface area contributed by atoms with Crippen molar-refractivity contribution in [2.75, 3.05) is 13.2 Å². The van der Waals surface area contributed by atoms with Crippen LogP contribution in [0, 0.1) is 0 Å². The summed E-state index contributed by atoms with van der Waals surface area (Å²) in [6.45, 7) is 5.29. The first kappa shape index (κ1) is 15.8. The summed E-state index contributed by atoms with van der Waals surface area (Å²) in [5.74, 6) is 1.35. The van der Waals surface area contributed by atoms with Crippen LogP contribution in [0.2, 0.25) is 0 Å². The first-order valence-electron chi connectivity index (χ1n) is 6.69. The second kappa shape index (κ2) is 8.79. The van der Waals surface area contributed by atoms with Crippen molar-refractivity contribution in [2.24, 2.45) is 21.7 Å². The summed E-state index contributed by atoms with van der Waals surface area (Å²) in [6.07, 6.45) is 3.66. The monoisotopic (exact) mass is 278 g/mol. The van der Waals surface area contributed by atoms with Crippen LogP contribution < -0.4 is 20.9 Å². The molecule has 0 saturated carbocycles. The van der Waals surface area contributed by atoms with Crippen molar-refractivity contribution in [2.45, 2.75) is 26.7 Å². The summed E-state index contributed by atoms with van der Waals surface area (Å²) in [5.41, 5.74) is 11.2. The van der Waals surface area contributed by atoms with Gasteiger partial charge in [-0.15, -0.1) is 5.10 Å². The molecule has 0 aliphatic heterocycles. The molecule has 1 aromatic rings. The molecule has 0 unspecified atom stereocenters. The minimum atomic E-state index is -0.0780.